The molecule has 5 nitrogen and oxygen atoms in total. The molecule has 1 unspecified atom stereocenters. The van der Waals surface area contributed by atoms with Crippen LogP contribution >= 0.6 is 0 Å². The highest BCUT2D eigenvalue weighted by Gasteiger charge is 2.34. The molecule has 0 rings (SSSR count). The van der Waals surface area contributed by atoms with Crippen molar-refractivity contribution in [3.05, 3.63) is 0 Å². The maximum atomic E-state index is 12.0. The SMILES string of the molecule is CCOC(=O)C(C)(CCOCCOC(C)C)NC(C)C. The van der Waals surface area contributed by atoms with Gasteiger partial charge in [-0.25, -0.2) is 0 Å². The third kappa shape index (κ3) is 8.51. The Morgan fingerprint density at radius 3 is 2.30 bits per heavy atom. The van der Waals surface area contributed by atoms with Gasteiger partial charge in [0.2, 0.25) is 0 Å². The van der Waals surface area contributed by atoms with Crippen LogP contribution in [-0.4, -0.2) is 50.1 Å². The summed E-state index contributed by atoms with van der Waals surface area (Å²) in [6, 6.07) is 0.202. The molecule has 20 heavy (non-hydrogen) atoms. The highest BCUT2D eigenvalue weighted by molar-refractivity contribution is 5.80. The monoisotopic (exact) mass is 289 g/mol. The molecule has 0 spiro atoms. The van der Waals surface area contributed by atoms with Crippen LogP contribution in [0.2, 0.25) is 0 Å². The highest BCUT2D eigenvalue weighted by Crippen LogP contribution is 2.14. The lowest BCUT2D eigenvalue weighted by molar-refractivity contribution is -0.151. The van der Waals surface area contributed by atoms with Crippen molar-refractivity contribution >= 4 is 5.97 Å². The fourth-order valence-electron chi connectivity index (χ4n) is 1.88. The third-order valence-corrected chi connectivity index (χ3v) is 2.76. The van der Waals surface area contributed by atoms with Gasteiger partial charge in [0.15, 0.2) is 0 Å². The Morgan fingerprint density at radius 1 is 1.15 bits per heavy atom. The van der Waals surface area contributed by atoms with E-state index < -0.39 is 5.54 Å². The predicted octanol–water partition coefficient (Wildman–Crippen LogP) is 2.14. The summed E-state index contributed by atoms with van der Waals surface area (Å²) in [5.74, 6) is -0.226. The van der Waals surface area contributed by atoms with Crippen molar-refractivity contribution in [2.24, 2.45) is 0 Å². The van der Waals surface area contributed by atoms with E-state index in [9.17, 15) is 4.79 Å². The van der Waals surface area contributed by atoms with Crippen molar-refractivity contribution in [1.29, 1.82) is 0 Å². The van der Waals surface area contributed by atoms with Gasteiger partial charge in [-0.3, -0.25) is 10.1 Å². The Balaban J connectivity index is 4.13. The number of carbonyl (C=O) groups is 1. The zero-order valence-electron chi connectivity index (χ0n) is 13.8. The lowest BCUT2D eigenvalue weighted by atomic mass is 9.97. The first-order valence-electron chi connectivity index (χ1n) is 7.46. The van der Waals surface area contributed by atoms with Crippen LogP contribution in [0.5, 0.6) is 0 Å². The van der Waals surface area contributed by atoms with E-state index in [1.54, 1.807) is 0 Å². The van der Waals surface area contributed by atoms with Crippen LogP contribution in [0.4, 0.5) is 0 Å². The highest BCUT2D eigenvalue weighted by atomic mass is 16.5. The van der Waals surface area contributed by atoms with Crippen LogP contribution < -0.4 is 5.32 Å². The summed E-state index contributed by atoms with van der Waals surface area (Å²) in [6.07, 6.45) is 0.789. The smallest absolute Gasteiger partial charge is 0.326 e. The van der Waals surface area contributed by atoms with Gasteiger partial charge in [0.05, 0.1) is 25.9 Å². The molecule has 0 aliphatic carbocycles. The number of hydrogen-bond acceptors (Lipinski definition) is 5. The molecule has 0 bridgehead atoms. The van der Waals surface area contributed by atoms with E-state index in [0.29, 0.717) is 32.8 Å². The minimum absolute atomic E-state index is 0.202. The molecule has 0 aliphatic rings. The molecule has 0 heterocycles. The van der Waals surface area contributed by atoms with E-state index in [0.717, 1.165) is 0 Å². The second-order valence-electron chi connectivity index (χ2n) is 5.63. The van der Waals surface area contributed by atoms with Crippen LogP contribution in [0.25, 0.3) is 0 Å². The number of rotatable bonds is 11. The zero-order chi connectivity index (χ0) is 15.6. The summed E-state index contributed by atoms with van der Waals surface area (Å²) in [5.41, 5.74) is -0.705. The molecule has 0 aromatic carbocycles. The van der Waals surface area contributed by atoms with E-state index in [2.05, 4.69) is 5.32 Å². The molecule has 5 heteroatoms. The molecular weight excluding hydrogens is 258 g/mol. The second-order valence-corrected chi connectivity index (χ2v) is 5.63. The van der Waals surface area contributed by atoms with Crippen molar-refractivity contribution in [3.63, 3.8) is 0 Å². The van der Waals surface area contributed by atoms with Gasteiger partial charge >= 0.3 is 5.97 Å². The molecule has 0 fully saturated rings. The predicted molar refractivity (Wildman–Crippen MR) is 79.8 cm³/mol. The lowest BCUT2D eigenvalue weighted by Gasteiger charge is -2.30. The molecule has 0 saturated carbocycles. The molecule has 1 atom stereocenters. The van der Waals surface area contributed by atoms with Crippen molar-refractivity contribution < 1.29 is 19.0 Å². The Morgan fingerprint density at radius 2 is 1.80 bits per heavy atom. The maximum absolute atomic E-state index is 12.0. The van der Waals surface area contributed by atoms with Crippen molar-refractivity contribution in [1.82, 2.24) is 5.32 Å². The molecule has 1 N–H and O–H groups in total. The number of nitrogens with one attached hydrogen (secondary N) is 1. The second kappa shape index (κ2) is 10.1. The zero-order valence-corrected chi connectivity index (χ0v) is 13.8. The third-order valence-electron chi connectivity index (χ3n) is 2.76. The van der Waals surface area contributed by atoms with Gasteiger partial charge in [-0.05, 0) is 48.0 Å². The largest absolute Gasteiger partial charge is 0.465 e. The van der Waals surface area contributed by atoms with E-state index in [1.807, 2.05) is 41.5 Å². The van der Waals surface area contributed by atoms with Crippen LogP contribution in [-0.2, 0) is 19.0 Å². The minimum Gasteiger partial charge on any atom is -0.465 e. The van der Waals surface area contributed by atoms with Crippen molar-refractivity contribution in [2.75, 3.05) is 26.4 Å². The average molecular weight is 289 g/mol. The Hall–Kier alpha value is -0.650. The summed E-state index contributed by atoms with van der Waals surface area (Å²) in [5, 5.41) is 3.26. The summed E-state index contributed by atoms with van der Waals surface area (Å²) < 4.78 is 16.0. The molecule has 0 saturated heterocycles. The Labute approximate surface area is 123 Å². The summed E-state index contributed by atoms with van der Waals surface area (Å²) >= 11 is 0. The van der Waals surface area contributed by atoms with Gasteiger partial charge in [-0.15, -0.1) is 0 Å². The van der Waals surface area contributed by atoms with E-state index in [-0.39, 0.29) is 18.1 Å². The summed E-state index contributed by atoms with van der Waals surface area (Å²) in [6.45, 7) is 13.7. The maximum Gasteiger partial charge on any atom is 0.326 e. The van der Waals surface area contributed by atoms with Crippen molar-refractivity contribution in [3.8, 4) is 0 Å². The minimum atomic E-state index is -0.705. The topological polar surface area (TPSA) is 56.8 Å². The molecule has 0 aromatic rings. The normalized spacial score (nSPS) is 14.6. The van der Waals surface area contributed by atoms with E-state index >= 15 is 0 Å². The number of esters is 1. The first-order chi connectivity index (χ1) is 9.31. The molecule has 0 radical (unpaired) electrons. The summed E-state index contributed by atoms with van der Waals surface area (Å²) in [7, 11) is 0. The molecular formula is C15H31NO4. The average Bonchev–Trinajstić information content (AvgIpc) is 2.32. The van der Waals surface area contributed by atoms with Crippen LogP contribution in [0, 0.1) is 0 Å². The van der Waals surface area contributed by atoms with E-state index in [4.69, 9.17) is 14.2 Å². The van der Waals surface area contributed by atoms with Gasteiger partial charge in [0, 0.05) is 12.6 Å². The fourth-order valence-corrected chi connectivity index (χ4v) is 1.88. The van der Waals surface area contributed by atoms with Gasteiger partial charge in [-0.2, -0.15) is 0 Å². The standard InChI is InChI=1S/C15H31NO4/c1-7-19-14(17)15(6,16-12(2)3)8-9-18-10-11-20-13(4)5/h12-13,16H,7-11H2,1-6H3. The Bertz CT molecular complexity index is 269. The van der Waals surface area contributed by atoms with Crippen molar-refractivity contribution in [2.45, 2.75) is 65.6 Å². The number of hydrogen-bond donors (Lipinski definition) is 1. The number of carbonyl (C=O) groups excluding carboxylic acids is 1. The Kier molecular flexibility index (Phi) is 9.80. The quantitative estimate of drug-likeness (QED) is 0.466. The fraction of sp³-hybridized carbons (Fsp3) is 0.933. The molecule has 0 aliphatic heterocycles. The molecule has 120 valence electrons. The molecule has 0 aromatic heterocycles. The number of ether oxygens (including phenoxy) is 3. The van der Waals surface area contributed by atoms with Gasteiger partial charge in [0.1, 0.15) is 5.54 Å². The van der Waals surface area contributed by atoms with Crippen LogP contribution in [0.1, 0.15) is 48.0 Å². The first-order valence-corrected chi connectivity index (χ1v) is 7.46. The first kappa shape index (κ1) is 19.4. The van der Waals surface area contributed by atoms with Gasteiger partial charge < -0.3 is 14.2 Å². The molecule has 0 amide bonds. The van der Waals surface area contributed by atoms with Crippen LogP contribution in [0.15, 0.2) is 0 Å². The lowest BCUT2D eigenvalue weighted by Crippen LogP contribution is -2.53. The summed E-state index contributed by atoms with van der Waals surface area (Å²) in [4.78, 5) is 12.0. The van der Waals surface area contributed by atoms with Gasteiger partial charge in [0.25, 0.3) is 0 Å². The van der Waals surface area contributed by atoms with Gasteiger partial charge in [-0.1, -0.05) is 0 Å². The van der Waals surface area contributed by atoms with Crippen LogP contribution in [0.3, 0.4) is 0 Å². The van der Waals surface area contributed by atoms with E-state index in [1.165, 1.54) is 0 Å².